The van der Waals surface area contributed by atoms with E-state index >= 15 is 0 Å². The van der Waals surface area contributed by atoms with Gasteiger partial charge in [0, 0.05) is 25.7 Å². The van der Waals surface area contributed by atoms with Gasteiger partial charge in [0.05, 0.1) is 11.4 Å². The van der Waals surface area contributed by atoms with Crippen LogP contribution in [0.1, 0.15) is 34.6 Å². The molecule has 0 radical (unpaired) electrons. The van der Waals surface area contributed by atoms with Gasteiger partial charge in [0.25, 0.3) is 0 Å². The van der Waals surface area contributed by atoms with Gasteiger partial charge in [-0.25, -0.2) is 9.48 Å². The Kier molecular flexibility index (Phi) is 4.17. The summed E-state index contributed by atoms with van der Waals surface area (Å²) in [6, 6.07) is 15.7. The Labute approximate surface area is 158 Å². The first-order valence-electron chi connectivity index (χ1n) is 7.99. The molecule has 0 aliphatic carbocycles. The van der Waals surface area contributed by atoms with Crippen molar-refractivity contribution in [1.29, 1.82) is 0 Å². The third-order valence-electron chi connectivity index (χ3n) is 4.30. The van der Waals surface area contributed by atoms with Gasteiger partial charge in [-0.05, 0) is 40.5 Å². The molecule has 0 amide bonds. The molecule has 4 rings (SSSR count). The molecule has 2 aromatic carbocycles. The maximum Gasteiger partial charge on any atom is 0.356 e. The SMILES string of the molecule is CCC1Sc2c(Br)cccc2-c2c1c(C(=O)O)nn2-c1ccccc1. The number of benzene rings is 2. The Morgan fingerprint density at radius 2 is 2.00 bits per heavy atom. The average Bonchev–Trinajstić information content (AvgIpc) is 3.03. The zero-order chi connectivity index (χ0) is 17.6. The van der Waals surface area contributed by atoms with Gasteiger partial charge in [-0.3, -0.25) is 0 Å². The van der Waals surface area contributed by atoms with Gasteiger partial charge < -0.3 is 5.11 Å². The van der Waals surface area contributed by atoms with Crippen LogP contribution in [-0.2, 0) is 0 Å². The maximum atomic E-state index is 11.9. The minimum atomic E-state index is -0.983. The van der Waals surface area contributed by atoms with E-state index in [9.17, 15) is 9.90 Å². The van der Waals surface area contributed by atoms with Gasteiger partial charge in [-0.2, -0.15) is 5.10 Å². The van der Waals surface area contributed by atoms with E-state index in [0.717, 1.165) is 38.3 Å². The van der Waals surface area contributed by atoms with Gasteiger partial charge in [-0.15, -0.1) is 11.8 Å². The molecule has 25 heavy (non-hydrogen) atoms. The van der Waals surface area contributed by atoms with Crippen LogP contribution in [0.4, 0.5) is 0 Å². The summed E-state index contributed by atoms with van der Waals surface area (Å²) in [5, 5.41) is 14.3. The quantitative estimate of drug-likeness (QED) is 0.609. The zero-order valence-corrected chi connectivity index (χ0v) is 15.8. The van der Waals surface area contributed by atoms with E-state index in [1.54, 1.807) is 16.4 Å². The zero-order valence-electron chi connectivity index (χ0n) is 13.4. The molecule has 0 spiro atoms. The number of rotatable bonds is 3. The fourth-order valence-corrected chi connectivity index (χ4v) is 5.12. The van der Waals surface area contributed by atoms with Crippen LogP contribution < -0.4 is 0 Å². The van der Waals surface area contributed by atoms with Crippen LogP contribution in [-0.4, -0.2) is 20.9 Å². The van der Waals surface area contributed by atoms with Crippen LogP contribution in [0.5, 0.6) is 0 Å². The first kappa shape index (κ1) is 16.4. The average molecular weight is 415 g/mol. The summed E-state index contributed by atoms with van der Waals surface area (Å²) in [4.78, 5) is 13.0. The molecule has 0 fully saturated rings. The molecule has 1 aliphatic rings. The van der Waals surface area contributed by atoms with E-state index in [1.165, 1.54) is 0 Å². The lowest BCUT2D eigenvalue weighted by atomic mass is 10.00. The summed E-state index contributed by atoms with van der Waals surface area (Å²) in [7, 11) is 0. The Bertz CT molecular complexity index is 969. The highest BCUT2D eigenvalue weighted by molar-refractivity contribution is 9.10. The van der Waals surface area contributed by atoms with Crippen LogP contribution in [0.3, 0.4) is 0 Å². The Morgan fingerprint density at radius 3 is 2.68 bits per heavy atom. The van der Waals surface area contributed by atoms with Gasteiger partial charge in [-0.1, -0.05) is 37.3 Å². The summed E-state index contributed by atoms with van der Waals surface area (Å²) in [5.41, 5.74) is 3.71. The van der Waals surface area contributed by atoms with Crippen LogP contribution in [0, 0.1) is 0 Å². The summed E-state index contributed by atoms with van der Waals surface area (Å²) in [6.07, 6.45) is 0.833. The number of carboxylic acid groups (broad SMARTS) is 1. The molecular formula is C19H15BrN2O2S. The molecule has 1 atom stereocenters. The van der Waals surface area contributed by atoms with E-state index in [0.29, 0.717) is 0 Å². The Morgan fingerprint density at radius 1 is 1.24 bits per heavy atom. The second-order valence-corrected chi connectivity index (χ2v) is 7.86. The second kappa shape index (κ2) is 6.35. The molecule has 1 N–H and O–H groups in total. The fourth-order valence-electron chi connectivity index (χ4n) is 3.21. The van der Waals surface area contributed by atoms with Gasteiger partial charge >= 0.3 is 5.97 Å². The molecule has 4 nitrogen and oxygen atoms in total. The molecule has 1 aliphatic heterocycles. The number of nitrogens with zero attached hydrogens (tertiary/aromatic N) is 2. The number of fused-ring (bicyclic) bond motifs is 3. The van der Waals surface area contributed by atoms with Crippen molar-refractivity contribution in [1.82, 2.24) is 9.78 Å². The van der Waals surface area contributed by atoms with Gasteiger partial charge in [0.15, 0.2) is 5.69 Å². The maximum absolute atomic E-state index is 11.9. The molecule has 3 aromatic rings. The predicted molar refractivity (Wildman–Crippen MR) is 103 cm³/mol. The number of halogens is 1. The van der Waals surface area contributed by atoms with Crippen LogP contribution in [0.15, 0.2) is 57.9 Å². The lowest BCUT2D eigenvalue weighted by Crippen LogP contribution is -2.08. The molecule has 1 aromatic heterocycles. The summed E-state index contributed by atoms with van der Waals surface area (Å²) in [6.45, 7) is 2.08. The topological polar surface area (TPSA) is 55.1 Å². The summed E-state index contributed by atoms with van der Waals surface area (Å²) < 4.78 is 2.80. The van der Waals surface area contributed by atoms with Crippen LogP contribution in [0.2, 0.25) is 0 Å². The number of para-hydroxylation sites is 1. The van der Waals surface area contributed by atoms with Crippen molar-refractivity contribution in [2.24, 2.45) is 0 Å². The van der Waals surface area contributed by atoms with Crippen LogP contribution in [0.25, 0.3) is 16.9 Å². The van der Waals surface area contributed by atoms with Crippen molar-refractivity contribution in [3.63, 3.8) is 0 Å². The van der Waals surface area contributed by atoms with E-state index in [1.807, 2.05) is 48.5 Å². The highest BCUT2D eigenvalue weighted by Gasteiger charge is 2.35. The number of hydrogen-bond donors (Lipinski definition) is 1. The van der Waals surface area contributed by atoms with E-state index < -0.39 is 5.97 Å². The molecule has 0 bridgehead atoms. The minimum absolute atomic E-state index is 0.0600. The molecular weight excluding hydrogens is 400 g/mol. The number of hydrogen-bond acceptors (Lipinski definition) is 3. The monoisotopic (exact) mass is 414 g/mol. The summed E-state index contributed by atoms with van der Waals surface area (Å²) >= 11 is 5.34. The van der Waals surface area contributed by atoms with Gasteiger partial charge in [0.2, 0.25) is 0 Å². The Balaban J connectivity index is 2.09. The highest BCUT2D eigenvalue weighted by Crippen LogP contribution is 2.54. The first-order chi connectivity index (χ1) is 12.1. The number of carboxylic acids is 1. The summed E-state index contributed by atoms with van der Waals surface area (Å²) in [5.74, 6) is -0.983. The van der Waals surface area contributed by atoms with Crippen molar-refractivity contribution in [3.8, 4) is 16.9 Å². The standard InChI is InChI=1S/C19H15BrN2O2S/c1-2-14-15-16(19(23)24)21-22(11-7-4-3-5-8-11)17(15)12-9-6-10-13(20)18(12)25-14/h3-10,14H,2H2,1H3,(H,23,24). The predicted octanol–water partition coefficient (Wildman–Crippen LogP) is 5.56. The van der Waals surface area contributed by atoms with Gasteiger partial charge in [0.1, 0.15) is 0 Å². The Hall–Kier alpha value is -2.05. The third-order valence-corrected chi connectivity index (χ3v) is 6.75. The lowest BCUT2D eigenvalue weighted by Gasteiger charge is -2.25. The lowest BCUT2D eigenvalue weighted by molar-refractivity contribution is 0.0688. The number of thioether (sulfide) groups is 1. The smallest absolute Gasteiger partial charge is 0.356 e. The molecule has 0 saturated carbocycles. The fraction of sp³-hybridized carbons (Fsp3) is 0.158. The van der Waals surface area contributed by atoms with Crippen molar-refractivity contribution >= 4 is 33.7 Å². The third kappa shape index (κ3) is 2.60. The number of aromatic nitrogens is 2. The number of carbonyl (C=O) groups is 1. The largest absolute Gasteiger partial charge is 0.476 e. The normalized spacial score (nSPS) is 15.5. The second-order valence-electron chi connectivity index (χ2n) is 5.79. The molecule has 2 heterocycles. The van der Waals surface area contributed by atoms with E-state index in [4.69, 9.17) is 0 Å². The molecule has 1 unspecified atom stereocenters. The van der Waals surface area contributed by atoms with Crippen molar-refractivity contribution in [2.45, 2.75) is 23.5 Å². The molecule has 6 heteroatoms. The van der Waals surface area contributed by atoms with E-state index in [-0.39, 0.29) is 10.9 Å². The van der Waals surface area contributed by atoms with Crippen molar-refractivity contribution in [3.05, 3.63) is 64.3 Å². The minimum Gasteiger partial charge on any atom is -0.476 e. The van der Waals surface area contributed by atoms with E-state index in [2.05, 4.69) is 28.0 Å². The van der Waals surface area contributed by atoms with Crippen molar-refractivity contribution in [2.75, 3.05) is 0 Å². The first-order valence-corrected chi connectivity index (χ1v) is 9.66. The van der Waals surface area contributed by atoms with Crippen molar-refractivity contribution < 1.29 is 9.90 Å². The molecule has 0 saturated heterocycles. The number of aromatic carboxylic acids is 1. The highest BCUT2D eigenvalue weighted by atomic mass is 79.9. The molecule has 126 valence electrons. The van der Waals surface area contributed by atoms with Crippen LogP contribution >= 0.6 is 27.7 Å².